The third-order valence-electron chi connectivity index (χ3n) is 2.50. The van der Waals surface area contributed by atoms with Crippen molar-refractivity contribution in [2.75, 3.05) is 25.6 Å². The minimum Gasteiger partial charge on any atom is -0.383 e. The van der Waals surface area contributed by atoms with E-state index < -0.39 is 11.8 Å². The van der Waals surface area contributed by atoms with Crippen LogP contribution in [0.1, 0.15) is 0 Å². The molecule has 0 fully saturated rings. The molecule has 0 aliphatic heterocycles. The Balaban J connectivity index is 1.95. The fraction of sp³-hybridized carbons (Fsp3) is 0.250. The minimum atomic E-state index is -0.713. The lowest BCUT2D eigenvalue weighted by atomic mass is 10.2. The number of aromatic amines is 1. The van der Waals surface area contributed by atoms with Crippen LogP contribution in [0.15, 0.2) is 24.4 Å². The van der Waals surface area contributed by atoms with E-state index in [0.717, 1.165) is 10.9 Å². The number of hydrogen-bond acceptors (Lipinski definition) is 4. The molecule has 7 nitrogen and oxygen atoms in total. The number of nitrogens with zero attached hydrogens (tertiary/aromatic N) is 1. The molecule has 1 heterocycles. The fourth-order valence-corrected chi connectivity index (χ4v) is 1.55. The summed E-state index contributed by atoms with van der Waals surface area (Å²) in [5.41, 5.74) is 1.32. The zero-order chi connectivity index (χ0) is 13.7. The van der Waals surface area contributed by atoms with E-state index in [2.05, 4.69) is 20.8 Å². The largest absolute Gasteiger partial charge is 0.383 e. The molecule has 7 heteroatoms. The first-order valence-electron chi connectivity index (χ1n) is 5.72. The van der Waals surface area contributed by atoms with Crippen LogP contribution in [0, 0.1) is 0 Å². The Hall–Kier alpha value is -2.41. The van der Waals surface area contributed by atoms with Crippen LogP contribution in [-0.2, 0) is 14.3 Å². The van der Waals surface area contributed by atoms with Crippen molar-refractivity contribution in [3.8, 4) is 0 Å². The molecule has 2 aromatic rings. The number of hydrogen-bond donors (Lipinski definition) is 3. The number of methoxy groups -OCH3 is 1. The molecule has 0 spiro atoms. The van der Waals surface area contributed by atoms with Gasteiger partial charge in [-0.3, -0.25) is 14.7 Å². The highest BCUT2D eigenvalue weighted by molar-refractivity contribution is 6.39. The van der Waals surface area contributed by atoms with Gasteiger partial charge in [0.1, 0.15) is 0 Å². The summed E-state index contributed by atoms with van der Waals surface area (Å²) in [4.78, 5) is 23.0. The maximum Gasteiger partial charge on any atom is 0.313 e. The molecule has 0 aliphatic rings. The molecular formula is C12H14N4O3. The number of aromatic nitrogens is 2. The smallest absolute Gasteiger partial charge is 0.313 e. The molecule has 2 rings (SSSR count). The first kappa shape index (κ1) is 13.0. The van der Waals surface area contributed by atoms with E-state index in [-0.39, 0.29) is 0 Å². The highest BCUT2D eigenvalue weighted by Gasteiger charge is 2.13. The second-order valence-electron chi connectivity index (χ2n) is 3.87. The van der Waals surface area contributed by atoms with Crippen molar-refractivity contribution in [2.45, 2.75) is 0 Å². The van der Waals surface area contributed by atoms with Crippen molar-refractivity contribution in [3.05, 3.63) is 24.4 Å². The van der Waals surface area contributed by atoms with Crippen molar-refractivity contribution < 1.29 is 14.3 Å². The maximum absolute atomic E-state index is 11.6. The van der Waals surface area contributed by atoms with Gasteiger partial charge in [-0.25, -0.2) is 0 Å². The molecule has 0 aliphatic carbocycles. The Morgan fingerprint density at radius 2 is 2.21 bits per heavy atom. The highest BCUT2D eigenvalue weighted by Crippen LogP contribution is 2.16. The number of nitrogens with one attached hydrogen (secondary N) is 3. The van der Waals surface area contributed by atoms with Crippen molar-refractivity contribution in [1.82, 2.24) is 15.5 Å². The highest BCUT2D eigenvalue weighted by atomic mass is 16.5. The minimum absolute atomic E-state index is 0.294. The van der Waals surface area contributed by atoms with Crippen molar-refractivity contribution in [3.63, 3.8) is 0 Å². The number of amides is 2. The van der Waals surface area contributed by atoms with Gasteiger partial charge in [0, 0.05) is 24.7 Å². The second kappa shape index (κ2) is 5.96. The first-order chi connectivity index (χ1) is 9.20. The quantitative estimate of drug-likeness (QED) is 0.544. The summed E-state index contributed by atoms with van der Waals surface area (Å²) >= 11 is 0. The molecule has 3 N–H and O–H groups in total. The van der Waals surface area contributed by atoms with E-state index in [9.17, 15) is 9.59 Å². The molecule has 0 saturated heterocycles. The molecular weight excluding hydrogens is 248 g/mol. The molecule has 0 radical (unpaired) electrons. The zero-order valence-corrected chi connectivity index (χ0v) is 10.4. The van der Waals surface area contributed by atoms with E-state index in [0.29, 0.717) is 18.8 Å². The van der Waals surface area contributed by atoms with Gasteiger partial charge in [0.05, 0.1) is 18.3 Å². The summed E-state index contributed by atoms with van der Waals surface area (Å²) < 4.78 is 4.77. The summed E-state index contributed by atoms with van der Waals surface area (Å²) in [7, 11) is 1.52. The third-order valence-corrected chi connectivity index (χ3v) is 2.50. The van der Waals surface area contributed by atoms with Crippen LogP contribution < -0.4 is 10.6 Å². The van der Waals surface area contributed by atoms with Crippen molar-refractivity contribution in [1.29, 1.82) is 0 Å². The number of benzene rings is 1. The fourth-order valence-electron chi connectivity index (χ4n) is 1.55. The molecule has 0 atom stereocenters. The van der Waals surface area contributed by atoms with Crippen LogP contribution in [-0.4, -0.2) is 42.3 Å². The van der Waals surface area contributed by atoms with E-state index >= 15 is 0 Å². The Kier molecular flexibility index (Phi) is 4.09. The Morgan fingerprint density at radius 1 is 1.37 bits per heavy atom. The zero-order valence-electron chi connectivity index (χ0n) is 10.4. The summed E-state index contributed by atoms with van der Waals surface area (Å²) in [6.45, 7) is 0.654. The SMILES string of the molecule is COCCNC(=O)C(=O)Nc1ccc2cn[nH]c2c1. The Morgan fingerprint density at radius 3 is 3.00 bits per heavy atom. The number of ether oxygens (including phenoxy) is 1. The maximum atomic E-state index is 11.6. The molecule has 0 unspecified atom stereocenters. The van der Waals surface area contributed by atoms with Crippen molar-refractivity contribution >= 4 is 28.4 Å². The molecule has 100 valence electrons. The van der Waals surface area contributed by atoms with Crippen molar-refractivity contribution in [2.24, 2.45) is 0 Å². The normalized spacial score (nSPS) is 10.4. The predicted octanol–water partition coefficient (Wildman–Crippen LogP) is 0.264. The van der Waals surface area contributed by atoms with Crippen LogP contribution in [0.5, 0.6) is 0 Å². The number of carbonyl (C=O) groups excluding carboxylic acids is 2. The van der Waals surface area contributed by atoms with Gasteiger partial charge in [-0.15, -0.1) is 0 Å². The lowest BCUT2D eigenvalue weighted by Crippen LogP contribution is -2.37. The number of H-pyrrole nitrogens is 1. The predicted molar refractivity (Wildman–Crippen MR) is 69.6 cm³/mol. The van der Waals surface area contributed by atoms with Gasteiger partial charge in [-0.2, -0.15) is 5.10 Å². The van der Waals surface area contributed by atoms with E-state index in [4.69, 9.17) is 4.74 Å². The van der Waals surface area contributed by atoms with Gasteiger partial charge >= 0.3 is 11.8 Å². The average molecular weight is 262 g/mol. The molecule has 1 aromatic carbocycles. The van der Waals surface area contributed by atoms with Gasteiger partial charge in [0.15, 0.2) is 0 Å². The van der Waals surface area contributed by atoms with Gasteiger partial charge in [0.25, 0.3) is 0 Å². The Labute approximate surface area is 109 Å². The molecule has 0 saturated carbocycles. The summed E-state index contributed by atoms with van der Waals surface area (Å²) in [6, 6.07) is 5.22. The molecule has 2 amide bonds. The topological polar surface area (TPSA) is 96.1 Å². The average Bonchev–Trinajstić information content (AvgIpc) is 2.86. The summed E-state index contributed by atoms with van der Waals surface area (Å²) in [5.74, 6) is -1.41. The second-order valence-corrected chi connectivity index (χ2v) is 3.87. The first-order valence-corrected chi connectivity index (χ1v) is 5.72. The lowest BCUT2D eigenvalue weighted by molar-refractivity contribution is -0.136. The monoisotopic (exact) mass is 262 g/mol. The van der Waals surface area contributed by atoms with E-state index in [1.807, 2.05) is 0 Å². The van der Waals surface area contributed by atoms with Crippen LogP contribution in [0.4, 0.5) is 5.69 Å². The molecule has 19 heavy (non-hydrogen) atoms. The molecule has 1 aromatic heterocycles. The molecule has 0 bridgehead atoms. The standard InChI is InChI=1S/C12H14N4O3/c1-19-5-4-13-11(17)12(18)15-9-3-2-8-7-14-16-10(8)6-9/h2-3,6-7H,4-5H2,1H3,(H,13,17)(H,14,16)(H,15,18). The lowest BCUT2D eigenvalue weighted by Gasteiger charge is -2.06. The third kappa shape index (κ3) is 3.29. The van der Waals surface area contributed by atoms with Gasteiger partial charge in [0.2, 0.25) is 0 Å². The number of carbonyl (C=O) groups is 2. The van der Waals surface area contributed by atoms with Crippen LogP contribution in [0.3, 0.4) is 0 Å². The number of rotatable bonds is 4. The van der Waals surface area contributed by atoms with E-state index in [1.165, 1.54) is 7.11 Å². The number of anilines is 1. The van der Waals surface area contributed by atoms with Gasteiger partial charge < -0.3 is 15.4 Å². The van der Waals surface area contributed by atoms with Crippen LogP contribution in [0.25, 0.3) is 10.9 Å². The number of fused-ring (bicyclic) bond motifs is 1. The Bertz CT molecular complexity index is 593. The van der Waals surface area contributed by atoms with Gasteiger partial charge in [-0.1, -0.05) is 0 Å². The summed E-state index contributed by atoms with van der Waals surface area (Å²) in [5, 5.41) is 12.5. The summed E-state index contributed by atoms with van der Waals surface area (Å²) in [6.07, 6.45) is 1.68. The van der Waals surface area contributed by atoms with Crippen LogP contribution in [0.2, 0.25) is 0 Å². The van der Waals surface area contributed by atoms with Crippen LogP contribution >= 0.6 is 0 Å². The van der Waals surface area contributed by atoms with Gasteiger partial charge in [-0.05, 0) is 18.2 Å². The van der Waals surface area contributed by atoms with E-state index in [1.54, 1.807) is 24.4 Å².